The smallest absolute Gasteiger partial charge is 0.0497 e. The average molecular weight is 287 g/mol. The van der Waals surface area contributed by atoms with Crippen molar-refractivity contribution in [2.24, 2.45) is 0 Å². The summed E-state index contributed by atoms with van der Waals surface area (Å²) in [6, 6.07) is 22.2. The maximum atomic E-state index is 2.51. The normalized spacial score (nSPS) is 11.7. The number of hydrogen-bond acceptors (Lipinski definition) is 0. The van der Waals surface area contributed by atoms with Crippen LogP contribution in [-0.2, 0) is 6.54 Å². The molecule has 1 aromatic heterocycles. The van der Waals surface area contributed by atoms with Crippen LogP contribution in [0.5, 0.6) is 0 Å². The Kier molecular flexibility index (Phi) is 3.34. The molecule has 1 nitrogen and oxygen atoms in total. The molecule has 4 rings (SSSR count). The lowest BCUT2D eigenvalue weighted by Gasteiger charge is -2.07. The van der Waals surface area contributed by atoms with Crippen LogP contribution in [-0.4, -0.2) is 4.57 Å². The Morgan fingerprint density at radius 2 is 1.45 bits per heavy atom. The Balaban J connectivity index is 2.02. The van der Waals surface area contributed by atoms with Crippen molar-refractivity contribution in [2.45, 2.75) is 32.7 Å². The molecule has 1 heteroatoms. The first-order valence-electron chi connectivity index (χ1n) is 8.28. The van der Waals surface area contributed by atoms with E-state index >= 15 is 0 Å². The van der Waals surface area contributed by atoms with E-state index in [1.54, 1.807) is 0 Å². The molecule has 22 heavy (non-hydrogen) atoms. The van der Waals surface area contributed by atoms with Gasteiger partial charge in [0.1, 0.15) is 0 Å². The van der Waals surface area contributed by atoms with Gasteiger partial charge >= 0.3 is 0 Å². The molecule has 1 heterocycles. The molecule has 0 aliphatic carbocycles. The topological polar surface area (TPSA) is 4.93 Å². The van der Waals surface area contributed by atoms with Crippen molar-refractivity contribution in [3.8, 4) is 0 Å². The highest BCUT2D eigenvalue weighted by atomic mass is 15.0. The molecule has 0 fully saturated rings. The van der Waals surface area contributed by atoms with Gasteiger partial charge in [-0.1, -0.05) is 62.2 Å². The zero-order valence-electron chi connectivity index (χ0n) is 13.0. The number of hydrogen-bond donors (Lipinski definition) is 0. The summed E-state index contributed by atoms with van der Waals surface area (Å²) in [6.45, 7) is 3.37. The van der Waals surface area contributed by atoms with Crippen LogP contribution in [0.2, 0.25) is 0 Å². The van der Waals surface area contributed by atoms with Gasteiger partial charge in [-0.05, 0) is 35.4 Å². The molecular formula is C21H21N. The van der Waals surface area contributed by atoms with Crippen molar-refractivity contribution in [1.82, 2.24) is 4.57 Å². The van der Waals surface area contributed by atoms with Crippen molar-refractivity contribution in [3.05, 3.63) is 60.7 Å². The van der Waals surface area contributed by atoms with E-state index in [9.17, 15) is 0 Å². The minimum Gasteiger partial charge on any atom is -0.340 e. The van der Waals surface area contributed by atoms with Crippen LogP contribution < -0.4 is 0 Å². The van der Waals surface area contributed by atoms with Crippen molar-refractivity contribution >= 4 is 32.6 Å². The van der Waals surface area contributed by atoms with Gasteiger partial charge in [0.2, 0.25) is 0 Å². The number of fused-ring (bicyclic) bond motifs is 4. The predicted octanol–water partition coefficient (Wildman–Crippen LogP) is 6.14. The third-order valence-electron chi connectivity index (χ3n) is 4.63. The molecule has 0 aliphatic heterocycles. The maximum Gasteiger partial charge on any atom is 0.0497 e. The van der Waals surface area contributed by atoms with Crippen LogP contribution in [0.3, 0.4) is 0 Å². The molecule has 110 valence electrons. The molecule has 0 unspecified atom stereocenters. The molecule has 4 aromatic rings. The van der Waals surface area contributed by atoms with Crippen LogP contribution in [0, 0.1) is 0 Å². The molecule has 0 N–H and O–H groups in total. The van der Waals surface area contributed by atoms with E-state index in [4.69, 9.17) is 0 Å². The van der Waals surface area contributed by atoms with Crippen LogP contribution in [0.4, 0.5) is 0 Å². The number of rotatable bonds is 4. The Morgan fingerprint density at radius 1 is 0.727 bits per heavy atom. The number of aromatic nitrogens is 1. The Bertz CT molecular complexity index is 946. The number of nitrogens with zero attached hydrogens (tertiary/aromatic N) is 1. The fourth-order valence-electron chi connectivity index (χ4n) is 3.49. The van der Waals surface area contributed by atoms with Gasteiger partial charge in [-0.2, -0.15) is 0 Å². The number of para-hydroxylation sites is 1. The SMILES string of the molecule is CCCCCn1c2ccccc2c2cc3ccccc3cc21. The van der Waals surface area contributed by atoms with Gasteiger partial charge in [0, 0.05) is 28.4 Å². The fourth-order valence-corrected chi connectivity index (χ4v) is 3.49. The molecule has 0 bridgehead atoms. The number of benzene rings is 3. The lowest BCUT2D eigenvalue weighted by atomic mass is 10.1. The van der Waals surface area contributed by atoms with E-state index < -0.39 is 0 Å². The first kappa shape index (κ1) is 13.4. The standard InChI is InChI=1S/C21H21N/c1-2-3-8-13-22-20-12-7-6-11-18(20)19-14-16-9-4-5-10-17(16)15-21(19)22/h4-7,9-12,14-15H,2-3,8,13H2,1H3. The maximum absolute atomic E-state index is 2.51. The third-order valence-corrected chi connectivity index (χ3v) is 4.63. The van der Waals surface area contributed by atoms with Gasteiger partial charge in [0.15, 0.2) is 0 Å². The van der Waals surface area contributed by atoms with E-state index in [2.05, 4.69) is 72.2 Å². The monoisotopic (exact) mass is 287 g/mol. The van der Waals surface area contributed by atoms with Crippen LogP contribution >= 0.6 is 0 Å². The van der Waals surface area contributed by atoms with Crippen molar-refractivity contribution in [2.75, 3.05) is 0 Å². The number of aryl methyl sites for hydroxylation is 1. The first-order valence-corrected chi connectivity index (χ1v) is 8.28. The molecule has 0 amide bonds. The van der Waals surface area contributed by atoms with Crippen molar-refractivity contribution in [3.63, 3.8) is 0 Å². The summed E-state index contributed by atoms with van der Waals surface area (Å²) in [5.74, 6) is 0. The summed E-state index contributed by atoms with van der Waals surface area (Å²) >= 11 is 0. The molecule has 0 saturated heterocycles. The minimum atomic E-state index is 1.11. The summed E-state index contributed by atoms with van der Waals surface area (Å²) in [4.78, 5) is 0. The van der Waals surface area contributed by atoms with E-state index in [-0.39, 0.29) is 0 Å². The zero-order valence-corrected chi connectivity index (χ0v) is 13.0. The first-order chi connectivity index (χ1) is 10.9. The lowest BCUT2D eigenvalue weighted by Crippen LogP contribution is -1.97. The fraction of sp³-hybridized carbons (Fsp3) is 0.238. The lowest BCUT2D eigenvalue weighted by molar-refractivity contribution is 0.627. The molecule has 0 aliphatic rings. The van der Waals surface area contributed by atoms with Gasteiger partial charge in [0.05, 0.1) is 0 Å². The second-order valence-corrected chi connectivity index (χ2v) is 6.09. The van der Waals surface area contributed by atoms with E-state index in [1.165, 1.54) is 51.8 Å². The van der Waals surface area contributed by atoms with Gasteiger partial charge in [-0.15, -0.1) is 0 Å². The van der Waals surface area contributed by atoms with Crippen LogP contribution in [0.25, 0.3) is 32.6 Å². The third kappa shape index (κ3) is 2.09. The largest absolute Gasteiger partial charge is 0.340 e. The summed E-state index contributed by atoms with van der Waals surface area (Å²) in [5, 5.41) is 5.41. The van der Waals surface area contributed by atoms with Crippen molar-refractivity contribution in [1.29, 1.82) is 0 Å². The van der Waals surface area contributed by atoms with Crippen molar-refractivity contribution < 1.29 is 0 Å². The Labute approximate surface area is 131 Å². The molecule has 0 spiro atoms. The second-order valence-electron chi connectivity index (χ2n) is 6.09. The quantitative estimate of drug-likeness (QED) is 0.397. The summed E-state index contributed by atoms with van der Waals surface area (Å²) in [6.07, 6.45) is 3.80. The summed E-state index contributed by atoms with van der Waals surface area (Å²) < 4.78 is 2.51. The molecule has 0 atom stereocenters. The summed E-state index contributed by atoms with van der Waals surface area (Å²) in [7, 11) is 0. The average Bonchev–Trinajstić information content (AvgIpc) is 2.87. The highest BCUT2D eigenvalue weighted by molar-refractivity contribution is 6.12. The van der Waals surface area contributed by atoms with E-state index in [0.717, 1.165) is 6.54 Å². The predicted molar refractivity (Wildman–Crippen MR) is 96.5 cm³/mol. The Hall–Kier alpha value is -2.28. The van der Waals surface area contributed by atoms with Crippen LogP contribution in [0.15, 0.2) is 60.7 Å². The van der Waals surface area contributed by atoms with Gasteiger partial charge in [-0.25, -0.2) is 0 Å². The number of unbranched alkanes of at least 4 members (excludes halogenated alkanes) is 2. The molecular weight excluding hydrogens is 266 g/mol. The van der Waals surface area contributed by atoms with Crippen LogP contribution in [0.1, 0.15) is 26.2 Å². The zero-order chi connectivity index (χ0) is 14.9. The van der Waals surface area contributed by atoms with Gasteiger partial charge in [0.25, 0.3) is 0 Å². The van der Waals surface area contributed by atoms with E-state index in [1.807, 2.05) is 0 Å². The minimum absolute atomic E-state index is 1.11. The second kappa shape index (κ2) is 5.49. The molecule has 0 radical (unpaired) electrons. The summed E-state index contributed by atoms with van der Waals surface area (Å²) in [5.41, 5.74) is 2.74. The highest BCUT2D eigenvalue weighted by Crippen LogP contribution is 2.32. The highest BCUT2D eigenvalue weighted by Gasteiger charge is 2.10. The van der Waals surface area contributed by atoms with E-state index in [0.29, 0.717) is 0 Å². The van der Waals surface area contributed by atoms with Gasteiger partial charge in [-0.3, -0.25) is 0 Å². The van der Waals surface area contributed by atoms with Gasteiger partial charge < -0.3 is 4.57 Å². The molecule has 0 saturated carbocycles. The Morgan fingerprint density at radius 3 is 2.27 bits per heavy atom. The molecule has 3 aromatic carbocycles.